The highest BCUT2D eigenvalue weighted by Crippen LogP contribution is 2.33. The molecule has 0 aromatic heterocycles. The highest BCUT2D eigenvalue weighted by atomic mass is 35.5. The molecule has 0 N–H and O–H groups in total. The van der Waals surface area contributed by atoms with E-state index in [2.05, 4.69) is 0 Å². The molecule has 1 saturated carbocycles. The van der Waals surface area contributed by atoms with Gasteiger partial charge < -0.3 is 0 Å². The molecule has 0 amide bonds. The van der Waals surface area contributed by atoms with E-state index in [0.717, 1.165) is 0 Å². The second kappa shape index (κ2) is 4.54. The molecule has 3 heteroatoms. The van der Waals surface area contributed by atoms with Gasteiger partial charge in [-0.25, -0.2) is 0 Å². The van der Waals surface area contributed by atoms with Crippen LogP contribution in [0.5, 0.6) is 0 Å². The maximum Gasteiger partial charge on any atom is 0.164 e. The number of carbonyl (C=O) groups excluding carboxylic acids is 1. The highest BCUT2D eigenvalue weighted by Gasteiger charge is 2.22. The second-order valence-electron chi connectivity index (χ2n) is 4.03. The number of rotatable bonds is 3. The number of Topliss-reactive ketones (excluding diaryl/α,β-unsaturated/α-hetero) is 1. The Bertz CT molecular complexity index is 383. The predicted octanol–water partition coefficient (Wildman–Crippen LogP) is 4.37. The zero-order valence-corrected chi connectivity index (χ0v) is 9.81. The maximum atomic E-state index is 11.9. The zero-order valence-electron chi connectivity index (χ0n) is 8.30. The highest BCUT2D eigenvalue weighted by molar-refractivity contribution is 6.43. The molecule has 0 heterocycles. The smallest absolute Gasteiger partial charge is 0.164 e. The molecule has 1 aliphatic carbocycles. The molecule has 0 aliphatic heterocycles. The predicted molar refractivity (Wildman–Crippen MR) is 62.8 cm³/mol. The van der Waals surface area contributed by atoms with E-state index in [1.807, 2.05) is 0 Å². The van der Waals surface area contributed by atoms with E-state index >= 15 is 0 Å². The van der Waals surface area contributed by atoms with Crippen LogP contribution in [0.4, 0.5) is 0 Å². The van der Waals surface area contributed by atoms with E-state index in [4.69, 9.17) is 23.2 Å². The summed E-state index contributed by atoms with van der Waals surface area (Å²) in [4.78, 5) is 11.9. The molecular weight excluding hydrogens is 231 g/mol. The zero-order chi connectivity index (χ0) is 10.8. The molecule has 0 radical (unpaired) electrons. The standard InChI is InChI=1S/C12H12Cl2O/c13-10-6-2-5-9(12(10)14)11(15)7-8-3-1-4-8/h2,5-6,8H,1,3-4,7H2. The molecule has 0 bridgehead atoms. The van der Waals surface area contributed by atoms with Crippen molar-refractivity contribution in [2.24, 2.45) is 5.92 Å². The van der Waals surface area contributed by atoms with Gasteiger partial charge in [-0.05, 0) is 18.1 Å². The van der Waals surface area contributed by atoms with Crippen molar-refractivity contribution < 1.29 is 4.79 Å². The Morgan fingerprint density at radius 1 is 1.33 bits per heavy atom. The largest absolute Gasteiger partial charge is 0.294 e. The van der Waals surface area contributed by atoms with Crippen LogP contribution in [0.1, 0.15) is 36.0 Å². The summed E-state index contributed by atoms with van der Waals surface area (Å²) in [5.41, 5.74) is 0.566. The Morgan fingerprint density at radius 3 is 2.67 bits per heavy atom. The van der Waals surface area contributed by atoms with Gasteiger partial charge in [-0.1, -0.05) is 48.5 Å². The summed E-state index contributed by atoms with van der Waals surface area (Å²) in [6, 6.07) is 5.21. The molecule has 0 atom stereocenters. The first-order valence-electron chi connectivity index (χ1n) is 5.15. The van der Waals surface area contributed by atoms with Crippen LogP contribution in [0.15, 0.2) is 18.2 Å². The first kappa shape index (κ1) is 11.0. The molecule has 0 unspecified atom stereocenters. The average molecular weight is 243 g/mol. The lowest BCUT2D eigenvalue weighted by molar-refractivity contribution is 0.0936. The van der Waals surface area contributed by atoms with E-state index in [-0.39, 0.29) is 5.78 Å². The van der Waals surface area contributed by atoms with Crippen molar-refractivity contribution >= 4 is 29.0 Å². The second-order valence-corrected chi connectivity index (χ2v) is 4.81. The van der Waals surface area contributed by atoms with Crippen molar-refractivity contribution in [2.45, 2.75) is 25.7 Å². The first-order valence-corrected chi connectivity index (χ1v) is 5.91. The average Bonchev–Trinajstić information content (AvgIpc) is 2.15. The minimum atomic E-state index is 0.118. The molecule has 1 aromatic carbocycles. The van der Waals surface area contributed by atoms with Crippen LogP contribution in [-0.2, 0) is 0 Å². The Morgan fingerprint density at radius 2 is 2.07 bits per heavy atom. The minimum absolute atomic E-state index is 0.118. The van der Waals surface area contributed by atoms with Gasteiger partial charge in [-0.2, -0.15) is 0 Å². The number of halogens is 2. The minimum Gasteiger partial charge on any atom is -0.294 e. The van der Waals surface area contributed by atoms with E-state index in [1.54, 1.807) is 18.2 Å². The number of benzene rings is 1. The van der Waals surface area contributed by atoms with Crippen molar-refractivity contribution in [3.63, 3.8) is 0 Å². The lowest BCUT2D eigenvalue weighted by Gasteiger charge is -2.24. The normalized spacial score (nSPS) is 16.1. The number of hydrogen-bond donors (Lipinski definition) is 0. The molecule has 1 nitrogen and oxygen atoms in total. The number of carbonyl (C=O) groups is 1. The van der Waals surface area contributed by atoms with Crippen LogP contribution < -0.4 is 0 Å². The van der Waals surface area contributed by atoms with Crippen molar-refractivity contribution in [3.8, 4) is 0 Å². The molecule has 15 heavy (non-hydrogen) atoms. The van der Waals surface area contributed by atoms with Crippen LogP contribution in [-0.4, -0.2) is 5.78 Å². The molecule has 1 aromatic rings. The molecule has 1 fully saturated rings. The SMILES string of the molecule is O=C(CC1CCC1)c1cccc(Cl)c1Cl. The molecule has 0 spiro atoms. The van der Waals surface area contributed by atoms with Gasteiger partial charge >= 0.3 is 0 Å². The monoisotopic (exact) mass is 242 g/mol. The first-order chi connectivity index (χ1) is 7.18. The fraction of sp³-hybridized carbons (Fsp3) is 0.417. The summed E-state index contributed by atoms with van der Waals surface area (Å²) in [6.45, 7) is 0. The fourth-order valence-electron chi connectivity index (χ4n) is 1.79. The van der Waals surface area contributed by atoms with E-state index in [1.165, 1.54) is 19.3 Å². The van der Waals surface area contributed by atoms with Crippen molar-refractivity contribution in [1.82, 2.24) is 0 Å². The molecule has 0 saturated heterocycles. The molecule has 2 rings (SSSR count). The quantitative estimate of drug-likeness (QED) is 0.720. The number of hydrogen-bond acceptors (Lipinski definition) is 1. The number of ketones is 1. The van der Waals surface area contributed by atoms with Gasteiger partial charge in [0, 0.05) is 12.0 Å². The topological polar surface area (TPSA) is 17.1 Å². The third-order valence-electron chi connectivity index (χ3n) is 2.95. The van der Waals surface area contributed by atoms with Crippen LogP contribution in [0.3, 0.4) is 0 Å². The Labute approximate surface area is 99.4 Å². The Kier molecular flexibility index (Phi) is 3.32. The van der Waals surface area contributed by atoms with Gasteiger partial charge in [-0.15, -0.1) is 0 Å². The summed E-state index contributed by atoms with van der Waals surface area (Å²) in [5, 5.41) is 0.847. The van der Waals surface area contributed by atoms with Gasteiger partial charge in [0.15, 0.2) is 5.78 Å². The van der Waals surface area contributed by atoms with Crippen molar-refractivity contribution in [2.75, 3.05) is 0 Å². The van der Waals surface area contributed by atoms with Crippen LogP contribution >= 0.6 is 23.2 Å². The van der Waals surface area contributed by atoms with Crippen LogP contribution in [0, 0.1) is 5.92 Å². The van der Waals surface area contributed by atoms with E-state index in [9.17, 15) is 4.79 Å². The molecule has 80 valence electrons. The summed E-state index contributed by atoms with van der Waals surface area (Å²) in [5.74, 6) is 0.680. The lowest BCUT2D eigenvalue weighted by atomic mass is 9.81. The van der Waals surface area contributed by atoms with Gasteiger partial charge in [0.2, 0.25) is 0 Å². The third kappa shape index (κ3) is 2.35. The maximum absolute atomic E-state index is 11.9. The third-order valence-corrected chi connectivity index (χ3v) is 3.77. The van der Waals surface area contributed by atoms with Gasteiger partial charge in [0.05, 0.1) is 10.0 Å². The van der Waals surface area contributed by atoms with Gasteiger partial charge in [0.25, 0.3) is 0 Å². The van der Waals surface area contributed by atoms with Gasteiger partial charge in [-0.3, -0.25) is 4.79 Å². The molecular formula is C12H12Cl2O. The summed E-state index contributed by atoms with van der Waals surface area (Å²) in [6.07, 6.45) is 4.20. The summed E-state index contributed by atoms with van der Waals surface area (Å²) >= 11 is 11.8. The summed E-state index contributed by atoms with van der Waals surface area (Å²) < 4.78 is 0. The summed E-state index contributed by atoms with van der Waals surface area (Å²) in [7, 11) is 0. The van der Waals surface area contributed by atoms with Crippen molar-refractivity contribution in [3.05, 3.63) is 33.8 Å². The van der Waals surface area contributed by atoms with Gasteiger partial charge in [0.1, 0.15) is 0 Å². The Hall–Kier alpha value is -0.530. The molecule has 1 aliphatic rings. The van der Waals surface area contributed by atoms with Crippen LogP contribution in [0.25, 0.3) is 0 Å². The lowest BCUT2D eigenvalue weighted by Crippen LogP contribution is -2.16. The fourth-order valence-corrected chi connectivity index (χ4v) is 2.19. The van der Waals surface area contributed by atoms with Crippen LogP contribution in [0.2, 0.25) is 10.0 Å². The van der Waals surface area contributed by atoms with E-state index in [0.29, 0.717) is 27.9 Å². The van der Waals surface area contributed by atoms with E-state index < -0.39 is 0 Å². The van der Waals surface area contributed by atoms with Crippen molar-refractivity contribution in [1.29, 1.82) is 0 Å². The Balaban J connectivity index is 2.13.